The molecule has 21 heavy (non-hydrogen) atoms. The van der Waals surface area contributed by atoms with Crippen molar-refractivity contribution in [1.82, 2.24) is 0 Å². The minimum atomic E-state index is -1.08. The number of hydrogen-bond donors (Lipinski definition) is 0. The van der Waals surface area contributed by atoms with E-state index < -0.39 is 42.6 Å². The van der Waals surface area contributed by atoms with Gasteiger partial charge in [-0.1, -0.05) is 0 Å². The smallest absolute Gasteiger partial charge is 0.305 e. The van der Waals surface area contributed by atoms with Gasteiger partial charge in [-0.25, -0.2) is 0 Å². The van der Waals surface area contributed by atoms with E-state index in [1.54, 1.807) is 0 Å². The lowest BCUT2D eigenvalue weighted by Gasteiger charge is -2.43. The second-order valence-corrected chi connectivity index (χ2v) is 4.58. The minimum absolute atomic E-state index is 0.211. The normalized spacial score (nSPS) is 32.5. The molecule has 8 nitrogen and oxygen atoms in total. The summed E-state index contributed by atoms with van der Waals surface area (Å²) >= 11 is 0. The molecule has 8 heteroatoms. The molecule has 0 aromatic rings. The molecular weight excluding hydrogens is 284 g/mol. The molecule has 1 heterocycles. The van der Waals surface area contributed by atoms with Crippen LogP contribution in [0, 0.1) is 0 Å². The average molecular weight is 306 g/mol. The molecule has 5 atom stereocenters. The molecule has 1 aliphatic heterocycles. The van der Waals surface area contributed by atoms with Crippen molar-refractivity contribution in [2.75, 3.05) is 27.9 Å². The van der Waals surface area contributed by atoms with Crippen LogP contribution in [0.25, 0.3) is 0 Å². The highest BCUT2D eigenvalue weighted by Crippen LogP contribution is 2.28. The Morgan fingerprint density at radius 3 is 1.90 bits per heavy atom. The fraction of sp³-hybridized carbons (Fsp3) is 0.846. The Hall–Kier alpha value is -1.22. The van der Waals surface area contributed by atoms with Crippen molar-refractivity contribution in [1.29, 1.82) is 0 Å². The fourth-order valence-electron chi connectivity index (χ4n) is 2.31. The van der Waals surface area contributed by atoms with Gasteiger partial charge in [-0.05, 0) is 0 Å². The van der Waals surface area contributed by atoms with Gasteiger partial charge in [-0.15, -0.1) is 0 Å². The largest absolute Gasteiger partial charge is 0.453 e. The van der Waals surface area contributed by atoms with Crippen LogP contribution in [-0.2, 0) is 38.0 Å². The van der Waals surface area contributed by atoms with E-state index in [4.69, 9.17) is 28.4 Å². The Morgan fingerprint density at radius 2 is 1.48 bits per heavy atom. The molecule has 0 aromatic carbocycles. The molecule has 0 aliphatic carbocycles. The molecule has 122 valence electrons. The number of carbonyl (C=O) groups excluding carboxylic acids is 2. The van der Waals surface area contributed by atoms with Crippen molar-refractivity contribution >= 4 is 11.9 Å². The van der Waals surface area contributed by atoms with Crippen LogP contribution in [0.2, 0.25) is 0 Å². The molecule has 3 unspecified atom stereocenters. The summed E-state index contributed by atoms with van der Waals surface area (Å²) in [5, 5.41) is 0. The van der Waals surface area contributed by atoms with E-state index in [2.05, 4.69) is 0 Å². The lowest BCUT2D eigenvalue weighted by Crippen LogP contribution is -2.61. The van der Waals surface area contributed by atoms with E-state index in [0.29, 0.717) is 0 Å². The third kappa shape index (κ3) is 4.63. The van der Waals surface area contributed by atoms with Gasteiger partial charge in [0.15, 0.2) is 6.10 Å². The van der Waals surface area contributed by atoms with Gasteiger partial charge < -0.3 is 28.4 Å². The first-order valence-corrected chi connectivity index (χ1v) is 6.49. The van der Waals surface area contributed by atoms with Crippen molar-refractivity contribution < 1.29 is 38.0 Å². The molecule has 1 saturated heterocycles. The fourth-order valence-corrected chi connectivity index (χ4v) is 2.31. The van der Waals surface area contributed by atoms with Crippen molar-refractivity contribution in [3.8, 4) is 0 Å². The van der Waals surface area contributed by atoms with Gasteiger partial charge in [0.05, 0.1) is 6.61 Å². The number of esters is 2. The van der Waals surface area contributed by atoms with Gasteiger partial charge >= 0.3 is 11.9 Å². The summed E-state index contributed by atoms with van der Waals surface area (Å²) in [6.45, 7) is 2.70. The topological polar surface area (TPSA) is 89.5 Å². The lowest BCUT2D eigenvalue weighted by molar-refractivity contribution is -0.302. The molecule has 0 radical (unpaired) electrons. The lowest BCUT2D eigenvalue weighted by atomic mass is 9.98. The highest BCUT2D eigenvalue weighted by atomic mass is 16.7. The summed E-state index contributed by atoms with van der Waals surface area (Å²) in [5.41, 5.74) is 0. The molecule has 1 rings (SSSR count). The zero-order valence-electron chi connectivity index (χ0n) is 12.9. The van der Waals surface area contributed by atoms with Crippen molar-refractivity contribution in [3.05, 3.63) is 0 Å². The predicted molar refractivity (Wildman–Crippen MR) is 69.5 cm³/mol. The van der Waals surface area contributed by atoms with E-state index in [9.17, 15) is 9.59 Å². The van der Waals surface area contributed by atoms with Crippen LogP contribution >= 0.6 is 0 Å². The van der Waals surface area contributed by atoms with Gasteiger partial charge in [0, 0.05) is 35.2 Å². The SMILES string of the molecule is COCC1O[C@H](OC(C)=O)C(OC(C)=O)C(OC)[C@H]1OC. The molecule has 1 fully saturated rings. The van der Waals surface area contributed by atoms with E-state index in [0.717, 1.165) is 0 Å². The third-order valence-electron chi connectivity index (χ3n) is 3.05. The number of rotatable bonds is 6. The van der Waals surface area contributed by atoms with Crippen LogP contribution in [0.3, 0.4) is 0 Å². The van der Waals surface area contributed by atoms with E-state index >= 15 is 0 Å². The first kappa shape index (κ1) is 17.8. The van der Waals surface area contributed by atoms with Gasteiger partial charge in [0.2, 0.25) is 6.29 Å². The first-order valence-electron chi connectivity index (χ1n) is 6.49. The molecule has 0 bridgehead atoms. The summed E-state index contributed by atoms with van der Waals surface area (Å²) < 4.78 is 31.7. The summed E-state index contributed by atoms with van der Waals surface area (Å²) in [4.78, 5) is 22.5. The highest BCUT2D eigenvalue weighted by Gasteiger charge is 2.50. The van der Waals surface area contributed by atoms with Gasteiger partial charge in [0.1, 0.15) is 18.3 Å². The summed E-state index contributed by atoms with van der Waals surface area (Å²) in [6, 6.07) is 0. The standard InChI is InChI=1S/C13H22O8/c1-7(14)19-12-11(18-5)10(17-4)9(6-16-3)21-13(12)20-8(2)15/h9-13H,6H2,1-5H3/t9?,10-,11?,12?,13-/m0/s1. The number of methoxy groups -OCH3 is 3. The van der Waals surface area contributed by atoms with E-state index in [1.807, 2.05) is 0 Å². The average Bonchev–Trinajstić information content (AvgIpc) is 2.40. The predicted octanol–water partition coefficient (Wildman–Crippen LogP) is -0.117. The van der Waals surface area contributed by atoms with Gasteiger partial charge in [0.25, 0.3) is 0 Å². The van der Waals surface area contributed by atoms with Crippen molar-refractivity contribution in [2.24, 2.45) is 0 Å². The van der Waals surface area contributed by atoms with Crippen molar-refractivity contribution in [3.63, 3.8) is 0 Å². The van der Waals surface area contributed by atoms with E-state index in [1.165, 1.54) is 35.2 Å². The maximum absolute atomic E-state index is 11.3. The minimum Gasteiger partial charge on any atom is -0.453 e. The van der Waals surface area contributed by atoms with Gasteiger partial charge in [-0.3, -0.25) is 9.59 Å². The summed E-state index contributed by atoms with van der Waals surface area (Å²) in [5.74, 6) is -1.10. The van der Waals surface area contributed by atoms with E-state index in [-0.39, 0.29) is 6.61 Å². The van der Waals surface area contributed by atoms with Gasteiger partial charge in [-0.2, -0.15) is 0 Å². The molecular formula is C13H22O8. The molecule has 0 N–H and O–H groups in total. The summed E-state index contributed by atoms with van der Waals surface area (Å²) in [6.07, 6.45) is -3.72. The highest BCUT2D eigenvalue weighted by molar-refractivity contribution is 5.67. The Labute approximate surface area is 123 Å². The Bertz CT molecular complexity index is 358. The summed E-state index contributed by atoms with van der Waals surface area (Å²) in [7, 11) is 4.45. The Balaban J connectivity index is 3.02. The maximum Gasteiger partial charge on any atom is 0.305 e. The molecule has 0 aromatic heterocycles. The third-order valence-corrected chi connectivity index (χ3v) is 3.05. The van der Waals surface area contributed by atoms with Crippen LogP contribution < -0.4 is 0 Å². The van der Waals surface area contributed by atoms with Crippen LogP contribution in [0.1, 0.15) is 13.8 Å². The number of carbonyl (C=O) groups is 2. The molecule has 0 amide bonds. The Morgan fingerprint density at radius 1 is 0.905 bits per heavy atom. The van der Waals surface area contributed by atoms with Crippen LogP contribution in [0.15, 0.2) is 0 Å². The monoisotopic (exact) mass is 306 g/mol. The quantitative estimate of drug-likeness (QED) is 0.628. The second-order valence-electron chi connectivity index (χ2n) is 4.58. The zero-order valence-corrected chi connectivity index (χ0v) is 12.9. The molecule has 0 saturated carbocycles. The van der Waals surface area contributed by atoms with Crippen molar-refractivity contribution in [2.45, 2.75) is 44.6 Å². The van der Waals surface area contributed by atoms with Crippen LogP contribution in [-0.4, -0.2) is 70.6 Å². The van der Waals surface area contributed by atoms with Crippen LogP contribution in [0.4, 0.5) is 0 Å². The Kier molecular flexibility index (Phi) is 7.03. The number of ether oxygens (including phenoxy) is 6. The zero-order chi connectivity index (χ0) is 16.0. The first-order chi connectivity index (χ1) is 9.94. The van der Waals surface area contributed by atoms with Crippen LogP contribution in [0.5, 0.6) is 0 Å². The second kappa shape index (κ2) is 8.28. The molecule has 1 aliphatic rings. The molecule has 0 spiro atoms. The number of hydrogen-bond acceptors (Lipinski definition) is 8. The maximum atomic E-state index is 11.3.